The average molecular weight is 180 g/mol. The van der Waals surface area contributed by atoms with Crippen molar-refractivity contribution >= 4 is 0 Å². The molecule has 2 bridgehead atoms. The van der Waals surface area contributed by atoms with Gasteiger partial charge in [-0.05, 0) is 12.8 Å². The van der Waals surface area contributed by atoms with Crippen LogP contribution < -0.4 is 0 Å². The van der Waals surface area contributed by atoms with Crippen LogP contribution in [0.2, 0.25) is 0 Å². The highest BCUT2D eigenvalue weighted by Gasteiger charge is 2.43. The summed E-state index contributed by atoms with van der Waals surface area (Å²) in [5, 5.41) is 0. The summed E-state index contributed by atoms with van der Waals surface area (Å²) >= 11 is 0. The Morgan fingerprint density at radius 3 is 2.08 bits per heavy atom. The first-order chi connectivity index (χ1) is 6.20. The average Bonchev–Trinajstić information content (AvgIpc) is 2.66. The zero-order valence-electron chi connectivity index (χ0n) is 9.08. The minimum atomic E-state index is 0.326. The molecule has 0 aromatic rings. The molecule has 0 aromatic heterocycles. The van der Waals surface area contributed by atoms with Crippen molar-refractivity contribution in [2.45, 2.75) is 39.9 Å². The minimum absolute atomic E-state index is 0.326. The van der Waals surface area contributed by atoms with Crippen LogP contribution in [0.15, 0.2) is 24.3 Å². The lowest BCUT2D eigenvalue weighted by Crippen LogP contribution is -2.21. The predicted molar refractivity (Wildman–Crippen MR) is 56.6 cm³/mol. The quantitative estimate of drug-likeness (QED) is 0.563. The van der Waals surface area contributed by atoms with Gasteiger partial charge in [0.1, 0.15) is 0 Å². The minimum Gasteiger partial charge on any atom is -0.366 e. The van der Waals surface area contributed by atoms with Gasteiger partial charge in [0.15, 0.2) is 0 Å². The number of rotatable bonds is 1. The Balaban J connectivity index is 0.000000396. The third kappa shape index (κ3) is 1.71. The molecule has 0 aromatic carbocycles. The zero-order valence-corrected chi connectivity index (χ0v) is 9.08. The SMILES string of the molecule is C=C(C)C1C2C=CC(O2)C1C.CC. The third-order valence-electron chi connectivity index (χ3n) is 2.81. The largest absolute Gasteiger partial charge is 0.366 e. The van der Waals surface area contributed by atoms with E-state index >= 15 is 0 Å². The number of hydrogen-bond donors (Lipinski definition) is 0. The van der Waals surface area contributed by atoms with Gasteiger partial charge in [-0.15, -0.1) is 0 Å². The van der Waals surface area contributed by atoms with Crippen LogP contribution in [0.4, 0.5) is 0 Å². The maximum absolute atomic E-state index is 5.69. The van der Waals surface area contributed by atoms with E-state index in [1.54, 1.807) is 0 Å². The Morgan fingerprint density at radius 2 is 1.77 bits per heavy atom. The van der Waals surface area contributed by atoms with Crippen LogP contribution >= 0.6 is 0 Å². The lowest BCUT2D eigenvalue weighted by Gasteiger charge is -2.21. The molecule has 0 N–H and O–H groups in total. The van der Waals surface area contributed by atoms with E-state index in [0.717, 1.165) is 0 Å². The van der Waals surface area contributed by atoms with Crippen molar-refractivity contribution in [3.63, 3.8) is 0 Å². The van der Waals surface area contributed by atoms with Gasteiger partial charge in [-0.1, -0.05) is 45.1 Å². The first-order valence-corrected chi connectivity index (χ1v) is 5.19. The molecular formula is C12H20O. The first kappa shape index (κ1) is 10.5. The van der Waals surface area contributed by atoms with Gasteiger partial charge in [-0.25, -0.2) is 0 Å². The predicted octanol–water partition coefficient (Wildman–Crippen LogP) is 3.18. The van der Waals surface area contributed by atoms with Gasteiger partial charge in [-0.3, -0.25) is 0 Å². The monoisotopic (exact) mass is 180 g/mol. The molecule has 4 unspecified atom stereocenters. The maximum Gasteiger partial charge on any atom is 0.0833 e. The van der Waals surface area contributed by atoms with E-state index in [-0.39, 0.29) is 0 Å². The molecule has 2 aliphatic rings. The van der Waals surface area contributed by atoms with E-state index < -0.39 is 0 Å². The lowest BCUT2D eigenvalue weighted by atomic mass is 9.80. The van der Waals surface area contributed by atoms with Gasteiger partial charge in [0.05, 0.1) is 12.2 Å². The van der Waals surface area contributed by atoms with Gasteiger partial charge < -0.3 is 4.74 Å². The van der Waals surface area contributed by atoms with Crippen LogP contribution in [0, 0.1) is 11.8 Å². The summed E-state index contributed by atoms with van der Waals surface area (Å²) in [5.74, 6) is 1.19. The molecular weight excluding hydrogens is 160 g/mol. The third-order valence-corrected chi connectivity index (χ3v) is 2.81. The Bertz CT molecular complexity index is 217. The maximum atomic E-state index is 5.69. The highest BCUT2D eigenvalue weighted by Crippen LogP contribution is 2.41. The normalized spacial score (nSPS) is 40.0. The van der Waals surface area contributed by atoms with Crippen LogP contribution in [0.1, 0.15) is 27.7 Å². The molecule has 13 heavy (non-hydrogen) atoms. The van der Waals surface area contributed by atoms with E-state index in [1.807, 2.05) is 13.8 Å². The smallest absolute Gasteiger partial charge is 0.0833 e. The molecule has 1 heteroatoms. The molecule has 0 amide bonds. The van der Waals surface area contributed by atoms with E-state index in [9.17, 15) is 0 Å². The van der Waals surface area contributed by atoms with E-state index in [2.05, 4.69) is 32.6 Å². The standard InChI is InChI=1S/C10H14O.C2H6/c1-6(2)10-7(3)8-4-5-9(10)11-8;1-2/h4-5,7-10H,1H2,2-3H3;1-2H3. The molecule has 0 saturated carbocycles. The highest BCUT2D eigenvalue weighted by atomic mass is 16.5. The van der Waals surface area contributed by atoms with Crippen LogP contribution in [-0.2, 0) is 4.74 Å². The molecule has 0 radical (unpaired) electrons. The van der Waals surface area contributed by atoms with Crippen molar-refractivity contribution in [3.05, 3.63) is 24.3 Å². The summed E-state index contributed by atoms with van der Waals surface area (Å²) in [5.41, 5.74) is 1.26. The van der Waals surface area contributed by atoms with Gasteiger partial charge in [0.25, 0.3) is 0 Å². The van der Waals surface area contributed by atoms with Gasteiger partial charge in [0, 0.05) is 5.92 Å². The fourth-order valence-electron chi connectivity index (χ4n) is 2.23. The summed E-state index contributed by atoms with van der Waals surface area (Å²) in [6.07, 6.45) is 5.04. The molecule has 74 valence electrons. The second kappa shape index (κ2) is 4.10. The molecule has 1 nitrogen and oxygen atoms in total. The van der Waals surface area contributed by atoms with Gasteiger partial charge in [0.2, 0.25) is 0 Å². The molecule has 2 rings (SSSR count). The molecule has 1 saturated heterocycles. The number of hydrogen-bond acceptors (Lipinski definition) is 1. The molecule has 2 heterocycles. The van der Waals surface area contributed by atoms with Crippen molar-refractivity contribution in [1.29, 1.82) is 0 Å². The van der Waals surface area contributed by atoms with E-state index in [1.165, 1.54) is 5.57 Å². The Hall–Kier alpha value is -0.560. The van der Waals surface area contributed by atoms with Crippen molar-refractivity contribution < 1.29 is 4.74 Å². The molecule has 2 aliphatic heterocycles. The second-order valence-electron chi connectivity index (χ2n) is 3.68. The van der Waals surface area contributed by atoms with Crippen LogP contribution in [-0.4, -0.2) is 12.2 Å². The van der Waals surface area contributed by atoms with Crippen molar-refractivity contribution in [2.24, 2.45) is 11.8 Å². The fraction of sp³-hybridized carbons (Fsp3) is 0.667. The summed E-state index contributed by atoms with van der Waals surface area (Å²) in [6.45, 7) is 12.3. The van der Waals surface area contributed by atoms with Gasteiger partial charge >= 0.3 is 0 Å². The topological polar surface area (TPSA) is 9.23 Å². The van der Waals surface area contributed by atoms with E-state index in [4.69, 9.17) is 4.74 Å². The summed E-state index contributed by atoms with van der Waals surface area (Å²) in [4.78, 5) is 0. The summed E-state index contributed by atoms with van der Waals surface area (Å²) in [7, 11) is 0. The first-order valence-electron chi connectivity index (χ1n) is 5.19. The molecule has 0 aliphatic carbocycles. The number of ether oxygens (including phenoxy) is 1. The Kier molecular flexibility index (Phi) is 3.32. The Labute approximate surface area is 81.5 Å². The van der Waals surface area contributed by atoms with Crippen LogP contribution in [0.25, 0.3) is 0 Å². The van der Waals surface area contributed by atoms with Crippen molar-refractivity contribution in [1.82, 2.24) is 0 Å². The Morgan fingerprint density at radius 1 is 1.23 bits per heavy atom. The molecule has 4 atom stereocenters. The van der Waals surface area contributed by atoms with E-state index in [0.29, 0.717) is 24.0 Å². The van der Waals surface area contributed by atoms with Crippen molar-refractivity contribution in [2.75, 3.05) is 0 Å². The number of fused-ring (bicyclic) bond motifs is 2. The molecule has 0 spiro atoms. The van der Waals surface area contributed by atoms with Crippen LogP contribution in [0.5, 0.6) is 0 Å². The summed E-state index contributed by atoms with van der Waals surface area (Å²) in [6, 6.07) is 0. The molecule has 1 fully saturated rings. The lowest BCUT2D eigenvalue weighted by molar-refractivity contribution is 0.106. The zero-order chi connectivity index (χ0) is 10.0. The highest BCUT2D eigenvalue weighted by molar-refractivity contribution is 5.20. The fourth-order valence-corrected chi connectivity index (χ4v) is 2.23. The second-order valence-corrected chi connectivity index (χ2v) is 3.68. The summed E-state index contributed by atoms with van der Waals surface area (Å²) < 4.78 is 5.69. The van der Waals surface area contributed by atoms with Gasteiger partial charge in [-0.2, -0.15) is 0 Å². The van der Waals surface area contributed by atoms with Crippen molar-refractivity contribution in [3.8, 4) is 0 Å². The van der Waals surface area contributed by atoms with Crippen LogP contribution in [0.3, 0.4) is 0 Å².